The number of nitrogens with two attached hydrogens (primary N) is 1. The van der Waals surface area contributed by atoms with Crippen LogP contribution in [0, 0.1) is 5.41 Å². The molecule has 0 radical (unpaired) electrons. The van der Waals surface area contributed by atoms with Crippen molar-refractivity contribution in [2.24, 2.45) is 5.41 Å². The van der Waals surface area contributed by atoms with E-state index in [1.807, 2.05) is 12.1 Å². The zero-order valence-electron chi connectivity index (χ0n) is 14.7. The molecule has 3 heteroatoms. The molecule has 2 N–H and O–H groups in total. The minimum atomic E-state index is -1.62. The summed E-state index contributed by atoms with van der Waals surface area (Å²) >= 11 is 0. The second kappa shape index (κ2) is 7.46. The molecule has 0 amide bonds. The van der Waals surface area contributed by atoms with E-state index in [1.54, 1.807) is 0 Å². The quantitative estimate of drug-likeness (QED) is 0.513. The number of benzene rings is 1. The molecule has 0 spiro atoms. The maximum Gasteiger partial charge on any atom is 0.192 e. The smallest absolute Gasteiger partial charge is 0.192 e. The average Bonchev–Trinajstić information content (AvgIpc) is 2.42. The molecule has 0 aliphatic carbocycles. The van der Waals surface area contributed by atoms with Crippen molar-refractivity contribution in [3.63, 3.8) is 0 Å². The minimum Gasteiger partial charge on any atom is -0.410 e. The van der Waals surface area contributed by atoms with Gasteiger partial charge in [0.2, 0.25) is 0 Å². The zero-order chi connectivity index (χ0) is 16.1. The molecule has 0 fully saturated rings. The maximum absolute atomic E-state index is 6.79. The molecule has 0 heterocycles. The topological polar surface area (TPSA) is 35.2 Å². The Morgan fingerprint density at radius 3 is 2.10 bits per heavy atom. The maximum atomic E-state index is 6.79. The molecule has 0 bridgehead atoms. The van der Waals surface area contributed by atoms with Gasteiger partial charge in [-0.25, -0.2) is 0 Å². The molecule has 0 aromatic heterocycles. The van der Waals surface area contributed by atoms with Crippen molar-refractivity contribution < 1.29 is 4.43 Å². The van der Waals surface area contributed by atoms with Gasteiger partial charge in [0.15, 0.2) is 8.32 Å². The third-order valence-electron chi connectivity index (χ3n) is 4.41. The summed E-state index contributed by atoms with van der Waals surface area (Å²) in [5, 5.41) is 0. The van der Waals surface area contributed by atoms with Crippen molar-refractivity contribution in [3.05, 3.63) is 29.8 Å². The van der Waals surface area contributed by atoms with Crippen LogP contribution in [0.4, 0.5) is 5.69 Å². The Morgan fingerprint density at radius 2 is 1.67 bits per heavy atom. The van der Waals surface area contributed by atoms with Crippen molar-refractivity contribution in [3.8, 4) is 0 Å². The van der Waals surface area contributed by atoms with Gasteiger partial charge in [-0.1, -0.05) is 53.7 Å². The summed E-state index contributed by atoms with van der Waals surface area (Å²) in [6, 6.07) is 11.8. The first-order valence-electron chi connectivity index (χ1n) is 8.28. The van der Waals surface area contributed by atoms with Crippen LogP contribution in [0.1, 0.15) is 59.6 Å². The van der Waals surface area contributed by atoms with E-state index in [-0.39, 0.29) is 11.5 Å². The lowest BCUT2D eigenvalue weighted by atomic mass is 9.87. The van der Waals surface area contributed by atoms with Crippen LogP contribution >= 0.6 is 0 Å². The number of hydrogen-bond donors (Lipinski definition) is 1. The standard InChI is InChI=1S/C18H33NOSi/c1-7-21(8-2,9-3)20-17(14-18(4,5)6)15-11-10-12-16(19)13-15/h10-13,17H,7-9,14,19H2,1-6H3/t17-/m1/s1. The van der Waals surface area contributed by atoms with Gasteiger partial charge in [0, 0.05) is 5.69 Å². The predicted octanol–water partition coefficient (Wildman–Crippen LogP) is 5.77. The molecule has 1 aromatic rings. The van der Waals surface area contributed by atoms with Crippen molar-refractivity contribution in [2.45, 2.75) is 72.2 Å². The highest BCUT2D eigenvalue weighted by Gasteiger charge is 2.34. The molecule has 2 nitrogen and oxygen atoms in total. The molecule has 1 atom stereocenters. The van der Waals surface area contributed by atoms with Crippen LogP contribution < -0.4 is 5.73 Å². The van der Waals surface area contributed by atoms with Gasteiger partial charge in [0.05, 0.1) is 6.10 Å². The Balaban J connectivity index is 3.08. The number of rotatable bonds is 7. The predicted molar refractivity (Wildman–Crippen MR) is 95.9 cm³/mol. The molecule has 1 rings (SSSR count). The Kier molecular flexibility index (Phi) is 6.48. The molecule has 1 aromatic carbocycles. The highest BCUT2D eigenvalue weighted by molar-refractivity contribution is 6.73. The molecular weight excluding hydrogens is 274 g/mol. The Hall–Kier alpha value is -0.803. The van der Waals surface area contributed by atoms with Crippen LogP contribution in [0.3, 0.4) is 0 Å². The fraction of sp³-hybridized carbons (Fsp3) is 0.667. The van der Waals surface area contributed by atoms with Crippen LogP contribution in [-0.4, -0.2) is 8.32 Å². The van der Waals surface area contributed by atoms with Gasteiger partial charge < -0.3 is 10.2 Å². The van der Waals surface area contributed by atoms with E-state index in [1.165, 1.54) is 23.7 Å². The lowest BCUT2D eigenvalue weighted by molar-refractivity contribution is 0.133. The second-order valence-corrected chi connectivity index (χ2v) is 12.0. The largest absolute Gasteiger partial charge is 0.410 e. The summed E-state index contributed by atoms with van der Waals surface area (Å²) < 4.78 is 6.79. The van der Waals surface area contributed by atoms with Crippen LogP contribution in [-0.2, 0) is 4.43 Å². The number of nitrogen functional groups attached to an aromatic ring is 1. The summed E-state index contributed by atoms with van der Waals surface area (Å²) in [4.78, 5) is 0. The van der Waals surface area contributed by atoms with E-state index >= 15 is 0 Å². The van der Waals surface area contributed by atoms with Gasteiger partial charge in [-0.05, 0) is 47.7 Å². The zero-order valence-corrected chi connectivity index (χ0v) is 15.7. The highest BCUT2D eigenvalue weighted by atomic mass is 28.4. The number of hydrogen-bond acceptors (Lipinski definition) is 2. The van der Waals surface area contributed by atoms with Gasteiger partial charge in [-0.2, -0.15) is 0 Å². The van der Waals surface area contributed by atoms with Crippen molar-refractivity contribution in [1.82, 2.24) is 0 Å². The average molecular weight is 308 g/mol. The first-order valence-corrected chi connectivity index (χ1v) is 10.8. The fourth-order valence-corrected chi connectivity index (χ4v) is 5.67. The van der Waals surface area contributed by atoms with E-state index in [9.17, 15) is 0 Å². The summed E-state index contributed by atoms with van der Waals surface area (Å²) in [5.74, 6) is 0. The molecular formula is C18H33NOSi. The molecule has 120 valence electrons. The summed E-state index contributed by atoms with van der Waals surface area (Å²) in [6.45, 7) is 13.7. The molecule has 0 aliphatic rings. The normalized spacial score (nSPS) is 14.2. The van der Waals surface area contributed by atoms with E-state index in [4.69, 9.17) is 10.2 Å². The van der Waals surface area contributed by atoms with E-state index in [2.05, 4.69) is 53.7 Å². The fourth-order valence-electron chi connectivity index (χ4n) is 2.84. The van der Waals surface area contributed by atoms with Crippen molar-refractivity contribution in [1.29, 1.82) is 0 Å². The van der Waals surface area contributed by atoms with Gasteiger partial charge >= 0.3 is 0 Å². The van der Waals surface area contributed by atoms with Crippen molar-refractivity contribution in [2.75, 3.05) is 5.73 Å². The third kappa shape index (κ3) is 5.48. The lowest BCUT2D eigenvalue weighted by Gasteiger charge is -2.36. The first kappa shape index (κ1) is 18.2. The summed E-state index contributed by atoms with van der Waals surface area (Å²) in [6.07, 6.45) is 1.20. The Labute approximate surface area is 132 Å². The van der Waals surface area contributed by atoms with Crippen LogP contribution in [0.25, 0.3) is 0 Å². The van der Waals surface area contributed by atoms with Gasteiger partial charge in [-0.15, -0.1) is 0 Å². The molecule has 0 saturated heterocycles. The van der Waals surface area contributed by atoms with Crippen molar-refractivity contribution >= 4 is 14.0 Å². The Bertz CT molecular complexity index is 427. The monoisotopic (exact) mass is 307 g/mol. The Morgan fingerprint density at radius 1 is 1.10 bits per heavy atom. The van der Waals surface area contributed by atoms with E-state index < -0.39 is 8.32 Å². The first-order chi connectivity index (χ1) is 9.75. The van der Waals surface area contributed by atoms with Gasteiger partial charge in [-0.3, -0.25) is 0 Å². The lowest BCUT2D eigenvalue weighted by Crippen LogP contribution is -2.38. The number of anilines is 1. The molecule has 0 unspecified atom stereocenters. The van der Waals surface area contributed by atoms with Crippen LogP contribution in [0.5, 0.6) is 0 Å². The molecule has 0 aliphatic heterocycles. The molecule has 0 saturated carbocycles. The van der Waals surface area contributed by atoms with Gasteiger partial charge in [0.1, 0.15) is 0 Å². The third-order valence-corrected chi connectivity index (χ3v) is 9.06. The SMILES string of the molecule is CC[Si](CC)(CC)O[C@H](CC(C)(C)C)c1cccc(N)c1. The summed E-state index contributed by atoms with van der Waals surface area (Å²) in [7, 11) is -1.62. The highest BCUT2D eigenvalue weighted by Crippen LogP contribution is 2.37. The van der Waals surface area contributed by atoms with Gasteiger partial charge in [0.25, 0.3) is 0 Å². The van der Waals surface area contributed by atoms with E-state index in [0.29, 0.717) is 0 Å². The minimum absolute atomic E-state index is 0.167. The second-order valence-electron chi connectivity index (χ2n) is 7.29. The molecule has 21 heavy (non-hydrogen) atoms. The van der Waals surface area contributed by atoms with E-state index in [0.717, 1.165) is 12.1 Å². The van der Waals surface area contributed by atoms with Crippen LogP contribution in [0.15, 0.2) is 24.3 Å². The summed E-state index contributed by atoms with van der Waals surface area (Å²) in [5.41, 5.74) is 8.28. The van der Waals surface area contributed by atoms with Crippen LogP contribution in [0.2, 0.25) is 18.1 Å².